The van der Waals surface area contributed by atoms with Crippen LogP contribution in [0.4, 0.5) is 4.39 Å². The highest BCUT2D eigenvalue weighted by Crippen LogP contribution is 2.18. The second kappa shape index (κ2) is 11.7. The monoisotopic (exact) mass is 461 g/mol. The molecule has 0 spiro atoms. The van der Waals surface area contributed by atoms with Crippen LogP contribution >= 0.6 is 0 Å². The van der Waals surface area contributed by atoms with E-state index in [2.05, 4.69) is 15.8 Å². The number of halogens is 1. The summed E-state index contributed by atoms with van der Waals surface area (Å²) in [6.45, 7) is 6.06. The second-order valence-corrected chi connectivity index (χ2v) is 8.25. The molecule has 3 aromatic carbocycles. The van der Waals surface area contributed by atoms with Gasteiger partial charge in [0.05, 0.1) is 6.21 Å². The molecule has 6 nitrogen and oxygen atoms in total. The molecule has 0 aromatic heterocycles. The average molecular weight is 462 g/mol. The molecule has 0 aliphatic carbocycles. The van der Waals surface area contributed by atoms with Gasteiger partial charge in [0.1, 0.15) is 24.2 Å². The standard InChI is InChI=1S/C27H28FN3O3/c1-18(2)25(30-26(32)21-12-14-23(28)15-13-21)27(33)31-29-16-22-6-4-5-7-24(22)34-17-20-10-8-19(3)9-11-20/h4-16,18,25H,17H2,1-3H3,(H,30,32)(H,31,33). The molecule has 2 N–H and O–H groups in total. The van der Waals surface area contributed by atoms with Gasteiger partial charge < -0.3 is 10.1 Å². The minimum absolute atomic E-state index is 0.190. The molecule has 0 saturated heterocycles. The Labute approximate surface area is 198 Å². The lowest BCUT2D eigenvalue weighted by Gasteiger charge is -2.20. The van der Waals surface area contributed by atoms with Gasteiger partial charge in [0, 0.05) is 11.1 Å². The Balaban J connectivity index is 1.61. The molecule has 0 fully saturated rings. The van der Waals surface area contributed by atoms with E-state index in [0.717, 1.165) is 5.56 Å². The molecule has 0 aliphatic heterocycles. The molecule has 0 saturated carbocycles. The van der Waals surface area contributed by atoms with Gasteiger partial charge in [-0.05, 0) is 54.8 Å². The Bertz CT molecular complexity index is 1140. The number of hydrazone groups is 1. The molecule has 1 unspecified atom stereocenters. The zero-order chi connectivity index (χ0) is 24.5. The molecule has 176 valence electrons. The fourth-order valence-electron chi connectivity index (χ4n) is 3.16. The molecule has 2 amide bonds. The highest BCUT2D eigenvalue weighted by molar-refractivity contribution is 5.97. The van der Waals surface area contributed by atoms with Crippen LogP contribution in [-0.2, 0) is 11.4 Å². The number of hydrogen-bond acceptors (Lipinski definition) is 4. The van der Waals surface area contributed by atoms with Crippen molar-refractivity contribution >= 4 is 18.0 Å². The number of rotatable bonds is 9. The van der Waals surface area contributed by atoms with Crippen molar-refractivity contribution in [3.8, 4) is 5.75 Å². The van der Waals surface area contributed by atoms with E-state index >= 15 is 0 Å². The average Bonchev–Trinajstić information content (AvgIpc) is 2.83. The maximum absolute atomic E-state index is 13.1. The van der Waals surface area contributed by atoms with Crippen molar-refractivity contribution in [1.29, 1.82) is 0 Å². The number of amides is 2. The SMILES string of the molecule is Cc1ccc(COc2ccccc2C=NNC(=O)C(NC(=O)c2ccc(F)cc2)C(C)C)cc1. The van der Waals surface area contributed by atoms with Gasteiger partial charge in [0.25, 0.3) is 11.8 Å². The van der Waals surface area contributed by atoms with Crippen molar-refractivity contribution in [2.24, 2.45) is 11.0 Å². The number of carbonyl (C=O) groups is 2. The van der Waals surface area contributed by atoms with Crippen molar-refractivity contribution < 1.29 is 18.7 Å². The van der Waals surface area contributed by atoms with Gasteiger partial charge in [-0.25, -0.2) is 9.82 Å². The topological polar surface area (TPSA) is 79.8 Å². The molecule has 34 heavy (non-hydrogen) atoms. The Morgan fingerprint density at radius 1 is 1.00 bits per heavy atom. The first kappa shape index (κ1) is 24.6. The number of benzene rings is 3. The third-order valence-corrected chi connectivity index (χ3v) is 5.15. The zero-order valence-corrected chi connectivity index (χ0v) is 19.4. The fourth-order valence-corrected chi connectivity index (χ4v) is 3.16. The summed E-state index contributed by atoms with van der Waals surface area (Å²) in [5.74, 6) is -0.921. The number of ether oxygens (including phenoxy) is 1. The third-order valence-electron chi connectivity index (χ3n) is 5.15. The lowest BCUT2D eigenvalue weighted by atomic mass is 10.0. The lowest BCUT2D eigenvalue weighted by molar-refractivity contribution is -0.123. The normalized spacial score (nSPS) is 11.9. The molecular weight excluding hydrogens is 433 g/mol. The summed E-state index contributed by atoms with van der Waals surface area (Å²) in [6.07, 6.45) is 1.50. The summed E-state index contributed by atoms with van der Waals surface area (Å²) in [5, 5.41) is 6.74. The Morgan fingerprint density at radius 3 is 2.35 bits per heavy atom. The van der Waals surface area contributed by atoms with Gasteiger partial charge in [-0.1, -0.05) is 55.8 Å². The molecule has 0 radical (unpaired) electrons. The summed E-state index contributed by atoms with van der Waals surface area (Å²) in [7, 11) is 0. The highest BCUT2D eigenvalue weighted by Gasteiger charge is 2.24. The van der Waals surface area contributed by atoms with E-state index in [1.54, 1.807) is 0 Å². The maximum Gasteiger partial charge on any atom is 0.262 e. The lowest BCUT2D eigenvalue weighted by Crippen LogP contribution is -2.48. The van der Waals surface area contributed by atoms with Crippen LogP contribution in [0.5, 0.6) is 5.75 Å². The summed E-state index contributed by atoms with van der Waals surface area (Å²) in [4.78, 5) is 25.1. The second-order valence-electron chi connectivity index (χ2n) is 8.25. The van der Waals surface area contributed by atoms with E-state index in [4.69, 9.17) is 4.74 Å². The van der Waals surface area contributed by atoms with Crippen LogP contribution in [0, 0.1) is 18.7 Å². The van der Waals surface area contributed by atoms with E-state index < -0.39 is 23.7 Å². The van der Waals surface area contributed by atoms with Crippen LogP contribution in [0.25, 0.3) is 0 Å². The van der Waals surface area contributed by atoms with Crippen LogP contribution in [0.1, 0.15) is 40.9 Å². The van der Waals surface area contributed by atoms with Crippen molar-refractivity contribution in [1.82, 2.24) is 10.7 Å². The summed E-state index contributed by atoms with van der Waals surface area (Å²) in [5.41, 5.74) is 5.68. The highest BCUT2D eigenvalue weighted by atomic mass is 19.1. The predicted octanol–water partition coefficient (Wildman–Crippen LogP) is 4.62. The number of carbonyl (C=O) groups excluding carboxylic acids is 2. The Morgan fingerprint density at radius 2 is 1.68 bits per heavy atom. The number of hydrogen-bond donors (Lipinski definition) is 2. The molecule has 1 atom stereocenters. The summed E-state index contributed by atoms with van der Waals surface area (Å²) >= 11 is 0. The van der Waals surface area contributed by atoms with Crippen LogP contribution in [0.2, 0.25) is 0 Å². The van der Waals surface area contributed by atoms with E-state index in [0.29, 0.717) is 17.9 Å². The first-order chi connectivity index (χ1) is 16.3. The Kier molecular flexibility index (Phi) is 8.51. The van der Waals surface area contributed by atoms with Crippen molar-refractivity contribution in [2.45, 2.75) is 33.4 Å². The van der Waals surface area contributed by atoms with Crippen LogP contribution in [-0.4, -0.2) is 24.1 Å². The Hall–Kier alpha value is -4.00. The van der Waals surface area contributed by atoms with Gasteiger partial charge in [-0.15, -0.1) is 0 Å². The number of nitrogens with zero attached hydrogens (tertiary/aromatic N) is 1. The van der Waals surface area contributed by atoms with Crippen molar-refractivity contribution in [2.75, 3.05) is 0 Å². The smallest absolute Gasteiger partial charge is 0.262 e. The quantitative estimate of drug-likeness (QED) is 0.361. The van der Waals surface area contributed by atoms with Crippen LogP contribution < -0.4 is 15.5 Å². The zero-order valence-electron chi connectivity index (χ0n) is 19.4. The largest absolute Gasteiger partial charge is 0.488 e. The maximum atomic E-state index is 13.1. The summed E-state index contributed by atoms with van der Waals surface area (Å²) in [6, 6.07) is 19.8. The predicted molar refractivity (Wildman–Crippen MR) is 130 cm³/mol. The van der Waals surface area contributed by atoms with Gasteiger partial charge in [-0.2, -0.15) is 5.10 Å². The molecule has 0 aliphatic rings. The third kappa shape index (κ3) is 7.00. The molecule has 0 heterocycles. The van der Waals surface area contributed by atoms with Crippen LogP contribution in [0.15, 0.2) is 77.9 Å². The van der Waals surface area contributed by atoms with Crippen molar-refractivity contribution in [3.63, 3.8) is 0 Å². The van der Waals surface area contributed by atoms with Gasteiger partial charge in [0.2, 0.25) is 0 Å². The van der Waals surface area contributed by atoms with Crippen molar-refractivity contribution in [3.05, 3.63) is 101 Å². The summed E-state index contributed by atoms with van der Waals surface area (Å²) < 4.78 is 19.0. The minimum atomic E-state index is -0.817. The van der Waals surface area contributed by atoms with Gasteiger partial charge in [0.15, 0.2) is 0 Å². The first-order valence-electron chi connectivity index (χ1n) is 11.0. The molecule has 3 rings (SSSR count). The van der Waals surface area contributed by atoms with Gasteiger partial charge in [-0.3, -0.25) is 9.59 Å². The fraction of sp³-hybridized carbons (Fsp3) is 0.222. The first-order valence-corrected chi connectivity index (χ1v) is 11.0. The van der Waals surface area contributed by atoms with Crippen LogP contribution in [0.3, 0.4) is 0 Å². The van der Waals surface area contributed by atoms with E-state index in [1.165, 1.54) is 36.0 Å². The molecular formula is C27H28FN3O3. The molecule has 7 heteroatoms. The van der Waals surface area contributed by atoms with E-state index in [9.17, 15) is 14.0 Å². The van der Waals surface area contributed by atoms with Gasteiger partial charge >= 0.3 is 0 Å². The van der Waals surface area contributed by atoms with E-state index in [1.807, 2.05) is 69.3 Å². The minimum Gasteiger partial charge on any atom is -0.488 e. The number of para-hydroxylation sites is 1. The number of nitrogens with one attached hydrogen (secondary N) is 2. The molecule has 3 aromatic rings. The van der Waals surface area contributed by atoms with E-state index in [-0.39, 0.29) is 11.5 Å². The number of aryl methyl sites for hydroxylation is 1. The molecule has 0 bridgehead atoms.